The normalized spacial score (nSPS) is 24.0. The molecule has 0 aromatic heterocycles. The molecule has 3 rings (SSSR count). The molecule has 1 atom stereocenters. The fourth-order valence-electron chi connectivity index (χ4n) is 4.45. The van der Waals surface area contributed by atoms with E-state index in [9.17, 15) is 18.7 Å². The first-order valence-corrected chi connectivity index (χ1v) is 9.90. The smallest absolute Gasteiger partial charge is 0.410 e. The lowest BCUT2D eigenvalue weighted by molar-refractivity contribution is -0.183. The van der Waals surface area contributed by atoms with Crippen molar-refractivity contribution in [2.45, 2.75) is 83.5 Å². The van der Waals surface area contributed by atoms with Gasteiger partial charge in [0, 0.05) is 19.4 Å². The number of hydrogen-bond donors (Lipinski definition) is 1. The SMILES string of the molecule is CC(C)(C)OC(=O)N1CCC2(CC1c1ccc(C(C)(C)O)cc1)CC(F)(F)C2. The third kappa shape index (κ3) is 4.48. The van der Waals surface area contributed by atoms with Crippen LogP contribution in [0, 0.1) is 5.41 Å². The Morgan fingerprint density at radius 1 is 1.14 bits per heavy atom. The Hall–Kier alpha value is -1.69. The summed E-state index contributed by atoms with van der Waals surface area (Å²) < 4.78 is 32.8. The van der Waals surface area contributed by atoms with Crippen molar-refractivity contribution in [2.24, 2.45) is 5.41 Å². The Kier molecular flexibility index (Phi) is 5.02. The number of halogens is 2. The van der Waals surface area contributed by atoms with Crippen LogP contribution in [0.4, 0.5) is 13.6 Å². The first-order chi connectivity index (χ1) is 12.7. The predicted molar refractivity (Wildman–Crippen MR) is 103 cm³/mol. The molecule has 0 radical (unpaired) electrons. The van der Waals surface area contributed by atoms with Gasteiger partial charge in [-0.1, -0.05) is 24.3 Å². The fourth-order valence-corrected chi connectivity index (χ4v) is 4.45. The molecule has 1 amide bonds. The Labute approximate surface area is 165 Å². The Morgan fingerprint density at radius 3 is 2.18 bits per heavy atom. The van der Waals surface area contributed by atoms with Crippen molar-refractivity contribution in [2.75, 3.05) is 6.54 Å². The number of ether oxygens (including phenoxy) is 1. The average Bonchev–Trinajstić information content (AvgIpc) is 2.50. The van der Waals surface area contributed by atoms with Gasteiger partial charge in [-0.15, -0.1) is 0 Å². The maximum Gasteiger partial charge on any atom is 0.410 e. The van der Waals surface area contributed by atoms with E-state index in [0.717, 1.165) is 11.1 Å². The van der Waals surface area contributed by atoms with Crippen molar-refractivity contribution in [3.8, 4) is 0 Å². The minimum atomic E-state index is -2.59. The van der Waals surface area contributed by atoms with Gasteiger partial charge in [0.1, 0.15) is 5.60 Å². The number of piperidine rings is 1. The zero-order valence-electron chi connectivity index (χ0n) is 17.4. The number of hydrogen-bond acceptors (Lipinski definition) is 3. The molecule has 156 valence electrons. The van der Waals surface area contributed by atoms with E-state index in [-0.39, 0.29) is 18.9 Å². The Bertz CT molecular complexity index is 724. The average molecular weight is 395 g/mol. The summed E-state index contributed by atoms with van der Waals surface area (Å²) in [4.78, 5) is 14.5. The summed E-state index contributed by atoms with van der Waals surface area (Å²) in [7, 11) is 0. The summed E-state index contributed by atoms with van der Waals surface area (Å²) in [5, 5.41) is 10.2. The van der Waals surface area contributed by atoms with E-state index in [2.05, 4.69) is 0 Å². The molecule has 1 saturated heterocycles. The summed E-state index contributed by atoms with van der Waals surface area (Å²) in [6.07, 6.45) is 0.440. The maximum absolute atomic E-state index is 13.6. The second kappa shape index (κ2) is 6.68. The molecule has 1 aromatic rings. The monoisotopic (exact) mass is 395 g/mol. The van der Waals surface area contributed by atoms with Gasteiger partial charge in [0.25, 0.3) is 0 Å². The zero-order valence-corrected chi connectivity index (χ0v) is 17.4. The molecule has 28 heavy (non-hydrogen) atoms. The molecule has 1 unspecified atom stereocenters. The standard InChI is InChI=1S/C22H31F2NO3/c1-19(2,3)28-18(26)25-11-10-21(13-22(23,24)14-21)12-17(25)15-6-8-16(9-7-15)20(4,5)27/h6-9,17,27H,10-14H2,1-5H3. The van der Waals surface area contributed by atoms with Gasteiger partial charge in [0.2, 0.25) is 5.92 Å². The molecule has 1 saturated carbocycles. The van der Waals surface area contributed by atoms with Crippen LogP contribution in [0.2, 0.25) is 0 Å². The van der Waals surface area contributed by atoms with Crippen molar-refractivity contribution in [1.82, 2.24) is 4.90 Å². The summed E-state index contributed by atoms with van der Waals surface area (Å²) >= 11 is 0. The van der Waals surface area contributed by atoms with E-state index in [0.29, 0.717) is 19.4 Å². The van der Waals surface area contributed by atoms with Crippen LogP contribution >= 0.6 is 0 Å². The molecule has 1 aliphatic heterocycles. The van der Waals surface area contributed by atoms with Gasteiger partial charge < -0.3 is 14.7 Å². The van der Waals surface area contributed by atoms with Crippen molar-refractivity contribution in [3.05, 3.63) is 35.4 Å². The summed E-state index contributed by atoms with van der Waals surface area (Å²) in [5.41, 5.74) is -0.353. The number of nitrogens with zero attached hydrogens (tertiary/aromatic N) is 1. The summed E-state index contributed by atoms with van der Waals surface area (Å²) in [6.45, 7) is 9.27. The number of likely N-dealkylation sites (tertiary alicyclic amines) is 1. The van der Waals surface area contributed by atoms with Gasteiger partial charge in [-0.3, -0.25) is 0 Å². The Morgan fingerprint density at radius 2 is 1.71 bits per heavy atom. The van der Waals surface area contributed by atoms with Crippen LogP contribution in [0.25, 0.3) is 0 Å². The third-order valence-corrected chi connectivity index (χ3v) is 5.78. The lowest BCUT2D eigenvalue weighted by Crippen LogP contribution is -2.54. The molecule has 2 aliphatic rings. The number of alkyl halides is 2. The Balaban J connectivity index is 1.87. The lowest BCUT2D eigenvalue weighted by Gasteiger charge is -2.54. The maximum atomic E-state index is 13.6. The number of carbonyl (C=O) groups is 1. The highest BCUT2D eigenvalue weighted by Crippen LogP contribution is 2.60. The second-order valence-corrected chi connectivity index (χ2v) is 10.0. The van der Waals surface area contributed by atoms with Gasteiger partial charge in [-0.05, 0) is 64.0 Å². The van der Waals surface area contributed by atoms with Crippen molar-refractivity contribution >= 4 is 6.09 Å². The molecule has 1 heterocycles. The molecule has 1 spiro atoms. The second-order valence-electron chi connectivity index (χ2n) is 10.0. The number of rotatable bonds is 2. The number of benzene rings is 1. The first-order valence-electron chi connectivity index (χ1n) is 9.90. The largest absolute Gasteiger partial charge is 0.444 e. The van der Waals surface area contributed by atoms with E-state index >= 15 is 0 Å². The minimum Gasteiger partial charge on any atom is -0.444 e. The highest BCUT2D eigenvalue weighted by molar-refractivity contribution is 5.69. The van der Waals surface area contributed by atoms with Crippen LogP contribution in [0.15, 0.2) is 24.3 Å². The number of aliphatic hydroxyl groups is 1. The van der Waals surface area contributed by atoms with Gasteiger partial charge in [0.15, 0.2) is 0 Å². The van der Waals surface area contributed by atoms with Crippen LogP contribution in [0.3, 0.4) is 0 Å². The molecule has 1 aromatic carbocycles. The van der Waals surface area contributed by atoms with E-state index in [1.165, 1.54) is 0 Å². The summed E-state index contributed by atoms with van der Waals surface area (Å²) in [5.74, 6) is -2.59. The molecule has 0 bridgehead atoms. The fraction of sp³-hybridized carbons (Fsp3) is 0.682. The quantitative estimate of drug-likeness (QED) is 0.729. The lowest BCUT2D eigenvalue weighted by atomic mass is 9.59. The van der Waals surface area contributed by atoms with Crippen LogP contribution in [0.5, 0.6) is 0 Å². The first kappa shape index (κ1) is 21.0. The van der Waals surface area contributed by atoms with Gasteiger partial charge >= 0.3 is 6.09 Å². The van der Waals surface area contributed by atoms with Gasteiger partial charge in [0.05, 0.1) is 11.6 Å². The minimum absolute atomic E-state index is 0.111. The van der Waals surface area contributed by atoms with E-state index in [1.54, 1.807) is 18.7 Å². The highest BCUT2D eigenvalue weighted by atomic mass is 19.3. The van der Waals surface area contributed by atoms with Crippen molar-refractivity contribution in [3.63, 3.8) is 0 Å². The zero-order chi connectivity index (χ0) is 21.0. The molecular weight excluding hydrogens is 364 g/mol. The molecule has 4 nitrogen and oxygen atoms in total. The van der Waals surface area contributed by atoms with Crippen molar-refractivity contribution in [1.29, 1.82) is 0 Å². The topological polar surface area (TPSA) is 49.8 Å². The molecular formula is C22H31F2NO3. The predicted octanol–water partition coefficient (Wildman–Crippen LogP) is 5.40. The summed E-state index contributed by atoms with van der Waals surface area (Å²) in [6, 6.07) is 7.12. The molecule has 1 aliphatic carbocycles. The van der Waals surface area contributed by atoms with Crippen molar-refractivity contribution < 1.29 is 23.4 Å². The van der Waals surface area contributed by atoms with Crippen LogP contribution < -0.4 is 0 Å². The third-order valence-electron chi connectivity index (χ3n) is 5.78. The highest BCUT2D eigenvalue weighted by Gasteiger charge is 2.59. The van der Waals surface area contributed by atoms with Crippen LogP contribution in [-0.4, -0.2) is 34.2 Å². The number of amides is 1. The molecule has 1 N–H and O–H groups in total. The van der Waals surface area contributed by atoms with E-state index in [4.69, 9.17) is 4.74 Å². The van der Waals surface area contributed by atoms with Crippen LogP contribution in [-0.2, 0) is 10.3 Å². The molecule has 2 fully saturated rings. The van der Waals surface area contributed by atoms with Gasteiger partial charge in [-0.2, -0.15) is 0 Å². The number of carbonyl (C=O) groups excluding carboxylic acids is 1. The van der Waals surface area contributed by atoms with E-state index < -0.39 is 28.6 Å². The van der Waals surface area contributed by atoms with E-state index in [1.807, 2.05) is 45.0 Å². The molecule has 6 heteroatoms. The van der Waals surface area contributed by atoms with Gasteiger partial charge in [-0.25, -0.2) is 13.6 Å². The van der Waals surface area contributed by atoms with Crippen LogP contribution in [0.1, 0.15) is 77.5 Å².